The number of esters is 1. The smallest absolute Gasteiger partial charge is 0.329 e. The molecule has 19 heavy (non-hydrogen) atoms. The van der Waals surface area contributed by atoms with Gasteiger partial charge in [0, 0.05) is 24.7 Å². The first-order valence-corrected chi connectivity index (χ1v) is 6.71. The molecular weight excluding hydrogens is 240 g/mol. The first-order chi connectivity index (χ1) is 8.96. The van der Waals surface area contributed by atoms with E-state index in [2.05, 4.69) is 10.6 Å². The molecule has 1 unspecified atom stereocenters. The van der Waals surface area contributed by atoms with Crippen molar-refractivity contribution in [3.8, 4) is 0 Å². The molecular formula is C15H22N2O2. The first kappa shape index (κ1) is 13.9. The van der Waals surface area contributed by atoms with E-state index in [-0.39, 0.29) is 17.9 Å². The fraction of sp³-hybridized carbons (Fsp3) is 0.533. The molecule has 0 aromatic heterocycles. The third-order valence-electron chi connectivity index (χ3n) is 3.04. The van der Waals surface area contributed by atoms with Crippen molar-refractivity contribution in [1.29, 1.82) is 0 Å². The molecule has 1 saturated heterocycles. The van der Waals surface area contributed by atoms with E-state index < -0.39 is 5.60 Å². The Morgan fingerprint density at radius 3 is 2.42 bits per heavy atom. The highest BCUT2D eigenvalue weighted by molar-refractivity contribution is 5.80. The molecule has 2 rings (SSSR count). The predicted octanol–water partition coefficient (Wildman–Crippen LogP) is 2.03. The van der Waals surface area contributed by atoms with Crippen LogP contribution in [0.1, 0.15) is 20.8 Å². The third kappa shape index (κ3) is 3.96. The number of benzene rings is 1. The Morgan fingerprint density at radius 2 is 1.95 bits per heavy atom. The van der Waals surface area contributed by atoms with Gasteiger partial charge in [-0.3, -0.25) is 0 Å². The van der Waals surface area contributed by atoms with Crippen LogP contribution < -0.4 is 10.6 Å². The molecule has 0 amide bonds. The van der Waals surface area contributed by atoms with Gasteiger partial charge in [0.15, 0.2) is 0 Å². The lowest BCUT2D eigenvalue weighted by atomic mass is 9.93. The van der Waals surface area contributed by atoms with Crippen LogP contribution in [0.3, 0.4) is 0 Å². The fourth-order valence-electron chi connectivity index (χ4n) is 2.00. The van der Waals surface area contributed by atoms with Gasteiger partial charge < -0.3 is 15.4 Å². The minimum absolute atomic E-state index is 0.178. The van der Waals surface area contributed by atoms with E-state index in [1.54, 1.807) is 0 Å². The number of carbonyl (C=O) groups excluding carboxylic acids is 1. The van der Waals surface area contributed by atoms with E-state index in [1.165, 1.54) is 0 Å². The fourth-order valence-corrected chi connectivity index (χ4v) is 2.00. The molecule has 1 atom stereocenters. The van der Waals surface area contributed by atoms with Crippen LogP contribution in [0.25, 0.3) is 0 Å². The minimum Gasteiger partial charge on any atom is -0.458 e. The molecule has 0 saturated carbocycles. The Bertz CT molecular complexity index is 422. The Kier molecular flexibility index (Phi) is 4.10. The van der Waals surface area contributed by atoms with Crippen molar-refractivity contribution in [1.82, 2.24) is 5.32 Å². The van der Waals surface area contributed by atoms with Crippen LogP contribution in [0.4, 0.5) is 5.69 Å². The Labute approximate surface area is 114 Å². The zero-order valence-electron chi connectivity index (χ0n) is 11.8. The van der Waals surface area contributed by atoms with Crippen LogP contribution in [0.5, 0.6) is 0 Å². The predicted molar refractivity (Wildman–Crippen MR) is 76.1 cm³/mol. The van der Waals surface area contributed by atoms with Crippen LogP contribution in [0.2, 0.25) is 0 Å². The lowest BCUT2D eigenvalue weighted by Gasteiger charge is -2.35. The Hall–Kier alpha value is -1.55. The van der Waals surface area contributed by atoms with E-state index in [1.807, 2.05) is 51.1 Å². The zero-order chi connectivity index (χ0) is 13.9. The van der Waals surface area contributed by atoms with Crippen molar-refractivity contribution in [2.24, 2.45) is 5.92 Å². The molecule has 1 fully saturated rings. The maximum Gasteiger partial charge on any atom is 0.329 e. The molecule has 0 bridgehead atoms. The van der Waals surface area contributed by atoms with Crippen molar-refractivity contribution in [2.45, 2.75) is 32.4 Å². The summed E-state index contributed by atoms with van der Waals surface area (Å²) in [5, 5.41) is 6.49. The van der Waals surface area contributed by atoms with Gasteiger partial charge in [-0.15, -0.1) is 0 Å². The molecule has 0 radical (unpaired) electrons. The van der Waals surface area contributed by atoms with E-state index >= 15 is 0 Å². The summed E-state index contributed by atoms with van der Waals surface area (Å²) in [5.41, 5.74) is 0.496. The van der Waals surface area contributed by atoms with Crippen molar-refractivity contribution in [2.75, 3.05) is 18.4 Å². The number of para-hydroxylation sites is 1. The van der Waals surface area contributed by atoms with Crippen LogP contribution in [-0.2, 0) is 9.53 Å². The van der Waals surface area contributed by atoms with Crippen molar-refractivity contribution in [3.63, 3.8) is 0 Å². The second-order valence-corrected chi connectivity index (χ2v) is 5.94. The van der Waals surface area contributed by atoms with Gasteiger partial charge in [0.05, 0.1) is 0 Å². The van der Waals surface area contributed by atoms with Crippen molar-refractivity contribution < 1.29 is 9.53 Å². The Balaban J connectivity index is 2.06. The van der Waals surface area contributed by atoms with Crippen LogP contribution in [0.15, 0.2) is 30.3 Å². The average molecular weight is 262 g/mol. The molecule has 4 nitrogen and oxygen atoms in total. The van der Waals surface area contributed by atoms with Crippen molar-refractivity contribution in [3.05, 3.63) is 30.3 Å². The van der Waals surface area contributed by atoms with E-state index in [9.17, 15) is 4.79 Å². The summed E-state index contributed by atoms with van der Waals surface area (Å²) < 4.78 is 5.50. The van der Waals surface area contributed by atoms with E-state index in [0.717, 1.165) is 18.8 Å². The summed E-state index contributed by atoms with van der Waals surface area (Å²) in [5.74, 6) is 0.109. The van der Waals surface area contributed by atoms with Crippen LogP contribution in [0, 0.1) is 5.92 Å². The number of hydrogen-bond acceptors (Lipinski definition) is 4. The topological polar surface area (TPSA) is 50.4 Å². The van der Waals surface area contributed by atoms with E-state index in [0.29, 0.717) is 0 Å². The Morgan fingerprint density at radius 1 is 1.32 bits per heavy atom. The normalized spacial score (nSPS) is 17.4. The average Bonchev–Trinajstić information content (AvgIpc) is 2.25. The molecule has 1 aliphatic heterocycles. The number of nitrogens with one attached hydrogen (secondary N) is 2. The standard InChI is InChI=1S/C15H22N2O2/c1-15(2,3)19-14(18)13(11-9-16-10-11)17-12-7-5-4-6-8-12/h4-8,11,13,16-17H,9-10H2,1-3H3. The molecule has 1 aliphatic rings. The summed E-state index contributed by atoms with van der Waals surface area (Å²) in [4.78, 5) is 12.3. The monoisotopic (exact) mass is 262 g/mol. The second-order valence-electron chi connectivity index (χ2n) is 5.94. The summed E-state index contributed by atoms with van der Waals surface area (Å²) in [6.45, 7) is 7.38. The van der Waals surface area contributed by atoms with E-state index in [4.69, 9.17) is 4.74 Å². The zero-order valence-corrected chi connectivity index (χ0v) is 11.8. The number of hydrogen-bond donors (Lipinski definition) is 2. The van der Waals surface area contributed by atoms with Gasteiger partial charge in [-0.25, -0.2) is 4.79 Å². The van der Waals surface area contributed by atoms with Gasteiger partial charge in [0.25, 0.3) is 0 Å². The maximum atomic E-state index is 12.3. The molecule has 1 aromatic carbocycles. The highest BCUT2D eigenvalue weighted by atomic mass is 16.6. The summed E-state index contributed by atoms with van der Waals surface area (Å²) in [7, 11) is 0. The van der Waals surface area contributed by atoms with Gasteiger partial charge in [-0.1, -0.05) is 18.2 Å². The SMILES string of the molecule is CC(C)(C)OC(=O)C(Nc1ccccc1)C1CNC1. The highest BCUT2D eigenvalue weighted by Crippen LogP contribution is 2.19. The van der Waals surface area contributed by atoms with Gasteiger partial charge in [0.1, 0.15) is 11.6 Å². The number of carbonyl (C=O) groups is 1. The number of ether oxygens (including phenoxy) is 1. The van der Waals surface area contributed by atoms with Gasteiger partial charge in [-0.05, 0) is 32.9 Å². The number of rotatable bonds is 4. The highest BCUT2D eigenvalue weighted by Gasteiger charge is 2.35. The summed E-state index contributed by atoms with van der Waals surface area (Å²) in [6.07, 6.45) is 0. The lowest BCUT2D eigenvalue weighted by Crippen LogP contribution is -2.55. The van der Waals surface area contributed by atoms with Crippen LogP contribution in [-0.4, -0.2) is 30.7 Å². The molecule has 104 valence electrons. The summed E-state index contributed by atoms with van der Waals surface area (Å²) >= 11 is 0. The van der Waals surface area contributed by atoms with Gasteiger partial charge in [-0.2, -0.15) is 0 Å². The molecule has 4 heteroatoms. The molecule has 1 aromatic rings. The lowest BCUT2D eigenvalue weighted by molar-refractivity contribution is -0.157. The molecule has 2 N–H and O–H groups in total. The molecule has 0 aliphatic carbocycles. The minimum atomic E-state index is -0.453. The summed E-state index contributed by atoms with van der Waals surface area (Å²) in [6, 6.07) is 9.50. The van der Waals surface area contributed by atoms with Crippen molar-refractivity contribution >= 4 is 11.7 Å². The van der Waals surface area contributed by atoms with Crippen LogP contribution >= 0.6 is 0 Å². The maximum absolute atomic E-state index is 12.3. The second kappa shape index (κ2) is 5.61. The van der Waals surface area contributed by atoms with Gasteiger partial charge >= 0.3 is 5.97 Å². The molecule has 1 heterocycles. The van der Waals surface area contributed by atoms with Gasteiger partial charge in [0.2, 0.25) is 0 Å². The third-order valence-corrected chi connectivity index (χ3v) is 3.04. The number of anilines is 1. The molecule has 0 spiro atoms. The quantitative estimate of drug-likeness (QED) is 0.815. The largest absolute Gasteiger partial charge is 0.458 e. The first-order valence-electron chi connectivity index (χ1n) is 6.71.